The molecule has 1 spiro atoms. The fraction of sp³-hybridized carbons (Fsp3) is 0.571. The molecule has 0 radical (unpaired) electrons. The second-order valence-electron chi connectivity index (χ2n) is 8.19. The molecular weight excluding hydrogens is 374 g/mol. The van der Waals surface area contributed by atoms with Gasteiger partial charge in [-0.3, -0.25) is 9.69 Å². The highest BCUT2D eigenvalue weighted by Crippen LogP contribution is 2.46. The van der Waals surface area contributed by atoms with E-state index in [1.54, 1.807) is 12.7 Å². The van der Waals surface area contributed by atoms with Gasteiger partial charge in [-0.15, -0.1) is 10.2 Å². The first-order valence-electron chi connectivity index (χ1n) is 10.2. The molecule has 2 aromatic rings. The molecule has 150 valence electrons. The molecule has 1 aromatic heterocycles. The Labute approximate surface area is 171 Å². The number of rotatable bonds is 6. The lowest BCUT2D eigenvalue weighted by Crippen LogP contribution is -2.50. The average molecular weight is 402 g/mol. The molecule has 1 saturated heterocycles. The van der Waals surface area contributed by atoms with Crippen molar-refractivity contribution in [2.75, 3.05) is 13.1 Å². The topological polar surface area (TPSA) is 63.1 Å². The fourth-order valence-electron chi connectivity index (χ4n) is 4.82. The van der Waals surface area contributed by atoms with E-state index in [2.05, 4.69) is 32.5 Å². The van der Waals surface area contributed by atoms with Crippen LogP contribution in [0.1, 0.15) is 44.1 Å². The molecule has 4 rings (SSSR count). The van der Waals surface area contributed by atoms with Gasteiger partial charge in [0.25, 0.3) is 0 Å². The summed E-state index contributed by atoms with van der Waals surface area (Å²) in [4.78, 5) is 15.0. The minimum atomic E-state index is 0.137. The van der Waals surface area contributed by atoms with Crippen molar-refractivity contribution in [2.24, 2.45) is 5.41 Å². The number of piperidine rings is 1. The maximum atomic E-state index is 12.5. The van der Waals surface area contributed by atoms with Crippen LogP contribution in [0.3, 0.4) is 0 Å². The number of aromatic nitrogens is 3. The number of halogens is 1. The van der Waals surface area contributed by atoms with E-state index in [0.29, 0.717) is 19.0 Å². The van der Waals surface area contributed by atoms with Crippen LogP contribution in [-0.4, -0.2) is 44.7 Å². The van der Waals surface area contributed by atoms with Crippen molar-refractivity contribution in [1.29, 1.82) is 0 Å². The van der Waals surface area contributed by atoms with Crippen molar-refractivity contribution in [1.82, 2.24) is 25.0 Å². The Morgan fingerprint density at radius 3 is 2.68 bits per heavy atom. The summed E-state index contributed by atoms with van der Waals surface area (Å²) < 4.78 is 1.84. The molecular formula is C21H28ClN5O. The molecule has 1 amide bonds. The summed E-state index contributed by atoms with van der Waals surface area (Å²) in [5, 5.41) is 11.8. The zero-order valence-electron chi connectivity index (χ0n) is 16.2. The van der Waals surface area contributed by atoms with Crippen LogP contribution in [0.2, 0.25) is 5.02 Å². The maximum Gasteiger partial charge on any atom is 0.222 e. The van der Waals surface area contributed by atoms with E-state index in [9.17, 15) is 4.79 Å². The van der Waals surface area contributed by atoms with Crippen molar-refractivity contribution in [2.45, 2.75) is 57.7 Å². The van der Waals surface area contributed by atoms with Crippen molar-refractivity contribution in [3.05, 3.63) is 47.5 Å². The predicted octanol–water partition coefficient (Wildman–Crippen LogP) is 3.27. The van der Waals surface area contributed by atoms with Gasteiger partial charge in [0.15, 0.2) is 0 Å². The third kappa shape index (κ3) is 4.39. The predicted molar refractivity (Wildman–Crippen MR) is 109 cm³/mol. The highest BCUT2D eigenvalue weighted by molar-refractivity contribution is 6.31. The Kier molecular flexibility index (Phi) is 5.97. The zero-order valence-corrected chi connectivity index (χ0v) is 16.9. The molecule has 1 saturated carbocycles. The van der Waals surface area contributed by atoms with Gasteiger partial charge in [-0.2, -0.15) is 0 Å². The first-order valence-corrected chi connectivity index (χ1v) is 10.6. The van der Waals surface area contributed by atoms with Gasteiger partial charge in [0.2, 0.25) is 5.91 Å². The molecule has 6 nitrogen and oxygen atoms in total. The minimum Gasteiger partial charge on any atom is -0.353 e. The monoisotopic (exact) mass is 401 g/mol. The van der Waals surface area contributed by atoms with Crippen molar-refractivity contribution in [3.63, 3.8) is 0 Å². The van der Waals surface area contributed by atoms with Gasteiger partial charge in [-0.1, -0.05) is 36.2 Å². The third-order valence-corrected chi connectivity index (χ3v) is 6.88. The number of nitrogens with zero attached hydrogens (tertiary/aromatic N) is 4. The second-order valence-corrected chi connectivity index (χ2v) is 8.60. The average Bonchev–Trinajstić information content (AvgIpc) is 3.35. The highest BCUT2D eigenvalue weighted by Gasteiger charge is 2.45. The second kappa shape index (κ2) is 8.62. The van der Waals surface area contributed by atoms with E-state index in [-0.39, 0.29) is 11.3 Å². The SMILES string of the molecule is O=C(CCn1cnnc1)NC1CCCC12CCN(Cc1ccccc1Cl)CC2. The number of hydrogen-bond donors (Lipinski definition) is 1. The zero-order chi connectivity index (χ0) is 19.4. The number of carbonyl (C=O) groups excluding carboxylic acids is 1. The smallest absolute Gasteiger partial charge is 0.222 e. The summed E-state index contributed by atoms with van der Waals surface area (Å²) in [5.74, 6) is 0.137. The number of nitrogens with one attached hydrogen (secondary N) is 1. The third-order valence-electron chi connectivity index (χ3n) is 6.51. The van der Waals surface area contributed by atoms with Gasteiger partial charge in [0, 0.05) is 30.6 Å². The van der Waals surface area contributed by atoms with Crippen LogP contribution in [-0.2, 0) is 17.9 Å². The molecule has 7 heteroatoms. The van der Waals surface area contributed by atoms with Gasteiger partial charge in [0.05, 0.1) is 0 Å². The lowest BCUT2D eigenvalue weighted by Gasteiger charge is -2.43. The molecule has 1 aliphatic heterocycles. The molecule has 1 aliphatic carbocycles. The first kappa shape index (κ1) is 19.4. The van der Waals surface area contributed by atoms with Crippen LogP contribution in [0.4, 0.5) is 0 Å². The Hall–Kier alpha value is -1.92. The van der Waals surface area contributed by atoms with Crippen molar-refractivity contribution >= 4 is 17.5 Å². The fourth-order valence-corrected chi connectivity index (χ4v) is 5.02. The van der Waals surface area contributed by atoms with Crippen LogP contribution in [0, 0.1) is 5.41 Å². The Morgan fingerprint density at radius 1 is 1.18 bits per heavy atom. The quantitative estimate of drug-likeness (QED) is 0.806. The minimum absolute atomic E-state index is 0.137. The molecule has 28 heavy (non-hydrogen) atoms. The molecule has 1 aromatic carbocycles. The van der Waals surface area contributed by atoms with Crippen LogP contribution < -0.4 is 5.32 Å². The van der Waals surface area contributed by atoms with Gasteiger partial charge < -0.3 is 9.88 Å². The molecule has 1 N–H and O–H groups in total. The summed E-state index contributed by atoms with van der Waals surface area (Å²) >= 11 is 6.33. The van der Waals surface area contributed by atoms with Crippen molar-refractivity contribution < 1.29 is 4.79 Å². The largest absolute Gasteiger partial charge is 0.353 e. The molecule has 2 fully saturated rings. The molecule has 0 bridgehead atoms. The Morgan fingerprint density at radius 2 is 1.93 bits per heavy atom. The summed E-state index contributed by atoms with van der Waals surface area (Å²) in [6.07, 6.45) is 9.61. The molecule has 1 atom stereocenters. The van der Waals surface area contributed by atoms with Gasteiger partial charge in [0.1, 0.15) is 12.7 Å². The van der Waals surface area contributed by atoms with E-state index in [1.165, 1.54) is 18.4 Å². The number of hydrogen-bond acceptors (Lipinski definition) is 4. The normalized spacial score (nSPS) is 21.8. The number of amides is 1. The summed E-state index contributed by atoms with van der Waals surface area (Å²) in [5.41, 5.74) is 1.47. The summed E-state index contributed by atoms with van der Waals surface area (Å²) in [6, 6.07) is 8.41. The number of aryl methyl sites for hydroxylation is 1. The number of carbonyl (C=O) groups is 1. The molecule has 2 heterocycles. The summed E-state index contributed by atoms with van der Waals surface area (Å²) in [7, 11) is 0. The van der Waals surface area contributed by atoms with E-state index in [0.717, 1.165) is 43.9 Å². The highest BCUT2D eigenvalue weighted by atomic mass is 35.5. The van der Waals surface area contributed by atoms with Gasteiger partial charge in [-0.05, 0) is 55.8 Å². The Balaban J connectivity index is 1.29. The van der Waals surface area contributed by atoms with Gasteiger partial charge in [-0.25, -0.2) is 0 Å². The lowest BCUT2D eigenvalue weighted by molar-refractivity contribution is -0.123. The van der Waals surface area contributed by atoms with Crippen LogP contribution >= 0.6 is 11.6 Å². The van der Waals surface area contributed by atoms with Crippen LogP contribution in [0.25, 0.3) is 0 Å². The molecule has 2 aliphatic rings. The van der Waals surface area contributed by atoms with E-state index >= 15 is 0 Å². The number of likely N-dealkylation sites (tertiary alicyclic amines) is 1. The van der Waals surface area contributed by atoms with Crippen LogP contribution in [0.15, 0.2) is 36.9 Å². The standard InChI is InChI=1S/C21H28ClN5O/c22-18-5-2-1-4-17(18)14-26-12-9-21(10-13-26)8-3-6-19(21)25-20(28)7-11-27-15-23-24-16-27/h1-2,4-5,15-16,19H,3,6-14H2,(H,25,28). The first-order chi connectivity index (χ1) is 13.6. The number of benzene rings is 1. The summed E-state index contributed by atoms with van der Waals surface area (Å²) in [6.45, 7) is 3.67. The van der Waals surface area contributed by atoms with Crippen molar-refractivity contribution in [3.8, 4) is 0 Å². The van der Waals surface area contributed by atoms with Crippen LogP contribution in [0.5, 0.6) is 0 Å². The van der Waals surface area contributed by atoms with E-state index < -0.39 is 0 Å². The van der Waals surface area contributed by atoms with Gasteiger partial charge >= 0.3 is 0 Å². The maximum absolute atomic E-state index is 12.5. The van der Waals surface area contributed by atoms with E-state index in [1.807, 2.05) is 16.7 Å². The van der Waals surface area contributed by atoms with E-state index in [4.69, 9.17) is 11.6 Å². The Bertz CT molecular complexity index is 786. The molecule has 1 unspecified atom stereocenters. The lowest BCUT2D eigenvalue weighted by atomic mass is 9.74.